The Morgan fingerprint density at radius 2 is 2.00 bits per heavy atom. The van der Waals surface area contributed by atoms with Crippen molar-refractivity contribution in [3.8, 4) is 0 Å². The second kappa shape index (κ2) is 6.40. The second-order valence-corrected chi connectivity index (χ2v) is 2.95. The van der Waals surface area contributed by atoms with Gasteiger partial charge >= 0.3 is 6.09 Å². The van der Waals surface area contributed by atoms with Gasteiger partial charge in [0.15, 0.2) is 0 Å². The van der Waals surface area contributed by atoms with E-state index in [1.165, 1.54) is 6.08 Å². The van der Waals surface area contributed by atoms with Crippen molar-refractivity contribution in [1.82, 2.24) is 5.32 Å². The molecule has 4 nitrogen and oxygen atoms in total. The molecule has 0 fully saturated rings. The van der Waals surface area contributed by atoms with Crippen molar-refractivity contribution in [1.29, 1.82) is 0 Å². The maximum atomic E-state index is 11.2. The van der Waals surface area contributed by atoms with E-state index in [2.05, 4.69) is 10.1 Å². The minimum absolute atomic E-state index is 0.238. The van der Waals surface area contributed by atoms with Gasteiger partial charge in [0, 0.05) is 6.08 Å². The molecule has 1 aromatic rings. The first-order valence-electron chi connectivity index (χ1n) is 4.93. The lowest BCUT2D eigenvalue weighted by Crippen LogP contribution is -2.29. The molecule has 0 unspecified atom stereocenters. The van der Waals surface area contributed by atoms with Crippen molar-refractivity contribution in [2.75, 3.05) is 6.61 Å². The molecule has 84 valence electrons. The van der Waals surface area contributed by atoms with Crippen LogP contribution in [0.25, 0.3) is 6.08 Å². The molecule has 0 spiro atoms. The predicted octanol–water partition coefficient (Wildman–Crippen LogP) is 1.97. The molecule has 0 aliphatic heterocycles. The van der Waals surface area contributed by atoms with Gasteiger partial charge in [0.25, 0.3) is 5.91 Å². The molecule has 0 bridgehead atoms. The van der Waals surface area contributed by atoms with E-state index in [1.807, 2.05) is 30.3 Å². The smallest absolute Gasteiger partial charge is 0.414 e. The van der Waals surface area contributed by atoms with Gasteiger partial charge in [0.05, 0.1) is 6.61 Å². The number of carbonyl (C=O) groups is 2. The van der Waals surface area contributed by atoms with Crippen LogP contribution in [-0.2, 0) is 9.53 Å². The zero-order valence-electron chi connectivity index (χ0n) is 8.97. The molecule has 16 heavy (non-hydrogen) atoms. The van der Waals surface area contributed by atoms with Gasteiger partial charge in [-0.25, -0.2) is 4.79 Å². The second-order valence-electron chi connectivity index (χ2n) is 2.95. The van der Waals surface area contributed by atoms with Crippen LogP contribution in [0.2, 0.25) is 0 Å². The molecule has 0 aliphatic rings. The van der Waals surface area contributed by atoms with Gasteiger partial charge in [-0.15, -0.1) is 0 Å². The van der Waals surface area contributed by atoms with Gasteiger partial charge in [-0.05, 0) is 18.6 Å². The molecule has 0 heterocycles. The Labute approximate surface area is 93.9 Å². The lowest BCUT2D eigenvalue weighted by Gasteiger charge is -2.00. The standard InChI is InChI=1S/C12H13NO3/c1-2-16-12(15)13-11(14)9-8-10-6-4-3-5-7-10/h3-9H,2H2,1H3,(H,13,14,15)/b9-8+. The number of imide groups is 1. The van der Waals surface area contributed by atoms with Crippen LogP contribution < -0.4 is 5.32 Å². The topological polar surface area (TPSA) is 55.4 Å². The number of hydrogen-bond donors (Lipinski definition) is 1. The molecular weight excluding hydrogens is 206 g/mol. The van der Waals surface area contributed by atoms with Gasteiger partial charge in [-0.3, -0.25) is 10.1 Å². The van der Waals surface area contributed by atoms with Crippen molar-refractivity contribution in [2.24, 2.45) is 0 Å². The number of carbonyl (C=O) groups excluding carboxylic acids is 2. The summed E-state index contributed by atoms with van der Waals surface area (Å²) in [6, 6.07) is 9.32. The molecule has 0 saturated heterocycles. The Morgan fingerprint density at radius 1 is 1.31 bits per heavy atom. The monoisotopic (exact) mass is 219 g/mol. The summed E-state index contributed by atoms with van der Waals surface area (Å²) in [6.07, 6.45) is 2.17. The molecule has 0 saturated carbocycles. The highest BCUT2D eigenvalue weighted by Crippen LogP contribution is 2.00. The van der Waals surface area contributed by atoms with Crippen LogP contribution in [0, 0.1) is 0 Å². The first-order valence-corrected chi connectivity index (χ1v) is 4.93. The zero-order valence-corrected chi connectivity index (χ0v) is 8.97. The van der Waals surface area contributed by atoms with Crippen LogP contribution in [0.4, 0.5) is 4.79 Å². The summed E-state index contributed by atoms with van der Waals surface area (Å²) >= 11 is 0. The van der Waals surface area contributed by atoms with Crippen molar-refractivity contribution in [2.45, 2.75) is 6.92 Å². The summed E-state index contributed by atoms with van der Waals surface area (Å²) in [7, 11) is 0. The quantitative estimate of drug-likeness (QED) is 0.791. The number of benzene rings is 1. The van der Waals surface area contributed by atoms with Crippen LogP contribution in [0.15, 0.2) is 36.4 Å². The Morgan fingerprint density at radius 3 is 2.62 bits per heavy atom. The average Bonchev–Trinajstić information content (AvgIpc) is 2.28. The Hall–Kier alpha value is -2.10. The number of rotatable bonds is 3. The summed E-state index contributed by atoms with van der Waals surface area (Å²) in [4.78, 5) is 22.1. The Balaban J connectivity index is 2.46. The minimum atomic E-state index is -0.731. The van der Waals surface area contributed by atoms with Gasteiger partial charge in [0.1, 0.15) is 0 Å². The van der Waals surface area contributed by atoms with E-state index in [4.69, 9.17) is 0 Å². The highest BCUT2D eigenvalue weighted by atomic mass is 16.5. The minimum Gasteiger partial charge on any atom is -0.450 e. The zero-order chi connectivity index (χ0) is 11.8. The number of nitrogens with one attached hydrogen (secondary N) is 1. The normalized spacial score (nSPS) is 10.1. The van der Waals surface area contributed by atoms with E-state index in [0.29, 0.717) is 0 Å². The van der Waals surface area contributed by atoms with Crippen molar-refractivity contribution < 1.29 is 14.3 Å². The molecule has 4 heteroatoms. The first kappa shape index (κ1) is 12.0. The van der Waals surface area contributed by atoms with E-state index >= 15 is 0 Å². The summed E-state index contributed by atoms with van der Waals surface area (Å²) in [5, 5.41) is 2.06. The summed E-state index contributed by atoms with van der Waals surface area (Å²) in [5.41, 5.74) is 0.890. The van der Waals surface area contributed by atoms with Crippen LogP contribution in [0.3, 0.4) is 0 Å². The molecule has 0 aliphatic carbocycles. The number of hydrogen-bond acceptors (Lipinski definition) is 3. The first-order chi connectivity index (χ1) is 7.72. The van der Waals surface area contributed by atoms with Gasteiger partial charge < -0.3 is 4.74 Å². The molecule has 1 N–H and O–H groups in total. The SMILES string of the molecule is CCOC(=O)NC(=O)/C=C/c1ccccc1. The predicted molar refractivity (Wildman–Crippen MR) is 60.6 cm³/mol. The van der Waals surface area contributed by atoms with E-state index in [1.54, 1.807) is 13.0 Å². The highest BCUT2D eigenvalue weighted by molar-refractivity contribution is 6.00. The third-order valence-corrected chi connectivity index (χ3v) is 1.73. The van der Waals surface area contributed by atoms with Crippen molar-refractivity contribution in [3.05, 3.63) is 42.0 Å². The molecule has 0 atom stereocenters. The van der Waals surface area contributed by atoms with E-state index in [9.17, 15) is 9.59 Å². The average molecular weight is 219 g/mol. The van der Waals surface area contributed by atoms with Crippen LogP contribution in [0.1, 0.15) is 12.5 Å². The fraction of sp³-hybridized carbons (Fsp3) is 0.167. The Bertz CT molecular complexity index is 385. The maximum Gasteiger partial charge on any atom is 0.414 e. The lowest BCUT2D eigenvalue weighted by molar-refractivity contribution is -0.115. The maximum absolute atomic E-state index is 11.2. The largest absolute Gasteiger partial charge is 0.450 e. The van der Waals surface area contributed by atoms with E-state index in [-0.39, 0.29) is 6.61 Å². The summed E-state index contributed by atoms with van der Waals surface area (Å²) < 4.78 is 4.56. The van der Waals surface area contributed by atoms with Gasteiger partial charge in [-0.1, -0.05) is 30.3 Å². The van der Waals surface area contributed by atoms with Crippen LogP contribution in [-0.4, -0.2) is 18.6 Å². The number of ether oxygens (including phenoxy) is 1. The van der Waals surface area contributed by atoms with Gasteiger partial charge in [-0.2, -0.15) is 0 Å². The summed E-state index contributed by atoms with van der Waals surface area (Å²) in [5.74, 6) is -0.498. The third-order valence-electron chi connectivity index (χ3n) is 1.73. The fourth-order valence-electron chi connectivity index (χ4n) is 1.05. The summed E-state index contributed by atoms with van der Waals surface area (Å²) in [6.45, 7) is 1.91. The molecule has 0 aromatic heterocycles. The highest BCUT2D eigenvalue weighted by Gasteiger charge is 2.03. The molecule has 2 amide bonds. The van der Waals surface area contributed by atoms with Crippen LogP contribution >= 0.6 is 0 Å². The van der Waals surface area contributed by atoms with E-state index in [0.717, 1.165) is 5.56 Å². The van der Waals surface area contributed by atoms with Gasteiger partial charge in [0.2, 0.25) is 0 Å². The number of alkyl carbamates (subject to hydrolysis) is 1. The van der Waals surface area contributed by atoms with E-state index < -0.39 is 12.0 Å². The molecule has 1 aromatic carbocycles. The molecule has 0 radical (unpaired) electrons. The number of amides is 2. The van der Waals surface area contributed by atoms with Crippen LogP contribution in [0.5, 0.6) is 0 Å². The lowest BCUT2D eigenvalue weighted by atomic mass is 10.2. The van der Waals surface area contributed by atoms with Crippen molar-refractivity contribution in [3.63, 3.8) is 0 Å². The fourth-order valence-corrected chi connectivity index (χ4v) is 1.05. The third kappa shape index (κ3) is 4.41. The molecular formula is C12H13NO3. The van der Waals surface area contributed by atoms with Crippen molar-refractivity contribution >= 4 is 18.1 Å². The Kier molecular flexibility index (Phi) is 4.79. The molecule has 1 rings (SSSR count).